The first kappa shape index (κ1) is 82.5. The molecule has 0 saturated heterocycles. The molecule has 0 saturated carbocycles. The van der Waals surface area contributed by atoms with Gasteiger partial charge in [-0.3, -0.25) is 28.8 Å². The molecule has 90 heavy (non-hydrogen) atoms. The quantitative estimate of drug-likeness (QED) is 0.0280. The van der Waals surface area contributed by atoms with E-state index in [0.717, 1.165) is 270 Å². The molecule has 1 aromatic carbocycles. The molecule has 0 aliphatic carbocycles. The second-order valence-corrected chi connectivity index (χ2v) is 25.4. The van der Waals surface area contributed by atoms with Gasteiger partial charge in [-0.1, -0.05) is 229 Å². The van der Waals surface area contributed by atoms with Crippen LogP contribution in [0.1, 0.15) is 347 Å². The first-order valence-corrected chi connectivity index (χ1v) is 36.7. The largest absolute Gasteiger partial charge is 0.322 e. The van der Waals surface area contributed by atoms with Crippen LogP contribution in [0.4, 0.5) is 34.1 Å². The molecule has 0 atom stereocenters. The Morgan fingerprint density at radius 3 is 0.389 bits per heavy atom. The van der Waals surface area contributed by atoms with Gasteiger partial charge in [0.15, 0.2) is 0 Å². The zero-order chi connectivity index (χ0) is 65.6. The van der Waals surface area contributed by atoms with E-state index in [1.807, 2.05) is 36.5 Å². The van der Waals surface area contributed by atoms with Gasteiger partial charge in [0.25, 0.3) is 0 Å². The Morgan fingerprint density at radius 2 is 0.278 bits per heavy atom. The number of nitrogens with one attached hydrogen (secondary N) is 6. The number of amides is 6. The van der Waals surface area contributed by atoms with Gasteiger partial charge in [0.05, 0.1) is 34.1 Å². The minimum Gasteiger partial charge on any atom is -0.322 e. The van der Waals surface area contributed by atoms with Crippen molar-refractivity contribution < 1.29 is 28.8 Å². The molecular weight excluding hydrogens is 1120 g/mol. The van der Waals surface area contributed by atoms with Gasteiger partial charge >= 0.3 is 0 Å². The molecule has 0 radical (unpaired) electrons. The molecule has 6 N–H and O–H groups in total. The van der Waals surface area contributed by atoms with Gasteiger partial charge in [-0.2, -0.15) is 0 Å². The number of carbonyl (C=O) groups excluding carboxylic acids is 6. The highest BCUT2D eigenvalue weighted by Crippen LogP contribution is 2.51. The van der Waals surface area contributed by atoms with Crippen LogP contribution in [0.3, 0.4) is 0 Å². The number of benzene rings is 1. The van der Waals surface area contributed by atoms with Crippen LogP contribution < -0.4 is 31.9 Å². The van der Waals surface area contributed by atoms with Gasteiger partial charge < -0.3 is 31.9 Å². The lowest BCUT2D eigenvalue weighted by atomic mass is 10.0. The molecule has 510 valence electrons. The third-order valence-corrected chi connectivity index (χ3v) is 17.0. The van der Waals surface area contributed by atoms with Crippen molar-refractivity contribution in [3.05, 3.63) is 75.9 Å². The van der Waals surface area contributed by atoms with Crippen molar-refractivity contribution in [2.75, 3.05) is 31.9 Å². The SMILES string of the molecule is C=CCCCCCCCCCC(=O)Nc1c(NC(=O)CCCCCCCCCC=C)c(NC(=O)CCCCCCCCCC=C)c(NC(=O)CCCCCCCCCC=C)c(NC(=O)CCCCCCCCCC=C)c1NC(=O)CCCCCCCCCC=C. The molecule has 0 bridgehead atoms. The van der Waals surface area contributed by atoms with E-state index in [4.69, 9.17) is 0 Å². The summed E-state index contributed by atoms with van der Waals surface area (Å²) in [5.74, 6) is -2.03. The van der Waals surface area contributed by atoms with Crippen LogP contribution in [0.25, 0.3) is 0 Å². The third kappa shape index (κ3) is 46.5. The summed E-state index contributed by atoms with van der Waals surface area (Å²) in [6.07, 6.45) is 60.1. The Labute approximate surface area is 550 Å². The molecule has 0 aliphatic heterocycles. The van der Waals surface area contributed by atoms with Crippen molar-refractivity contribution in [2.24, 2.45) is 0 Å². The minimum atomic E-state index is -0.339. The minimum absolute atomic E-state index is 0.0626. The summed E-state index contributed by atoms with van der Waals surface area (Å²) in [5, 5.41) is 18.9. The van der Waals surface area contributed by atoms with Gasteiger partial charge in [0.2, 0.25) is 35.4 Å². The second-order valence-electron chi connectivity index (χ2n) is 25.4. The van der Waals surface area contributed by atoms with Crippen LogP contribution in [0.2, 0.25) is 0 Å². The van der Waals surface area contributed by atoms with Crippen LogP contribution >= 0.6 is 0 Å². The van der Waals surface area contributed by atoms with Gasteiger partial charge in [0, 0.05) is 38.5 Å². The van der Waals surface area contributed by atoms with Crippen molar-refractivity contribution >= 4 is 69.6 Å². The summed E-state index contributed by atoms with van der Waals surface area (Å²) < 4.78 is 0. The lowest BCUT2D eigenvalue weighted by molar-refractivity contribution is -0.117. The predicted molar refractivity (Wildman–Crippen MR) is 389 cm³/mol. The van der Waals surface area contributed by atoms with E-state index >= 15 is 0 Å². The number of allylic oxidation sites excluding steroid dienone is 6. The van der Waals surface area contributed by atoms with E-state index in [2.05, 4.69) is 71.4 Å². The molecule has 0 aromatic heterocycles. The average Bonchev–Trinajstić information content (AvgIpc) is 0.805. The van der Waals surface area contributed by atoms with Crippen molar-refractivity contribution in [3.63, 3.8) is 0 Å². The lowest BCUT2D eigenvalue weighted by Gasteiger charge is -2.28. The summed E-state index contributed by atoms with van der Waals surface area (Å²) in [4.78, 5) is 87.5. The van der Waals surface area contributed by atoms with E-state index in [0.29, 0.717) is 38.5 Å². The molecule has 12 nitrogen and oxygen atoms in total. The summed E-state index contributed by atoms with van der Waals surface area (Å²) in [6.45, 7) is 23.1. The highest BCUT2D eigenvalue weighted by molar-refractivity contribution is 6.22. The molecule has 1 rings (SSSR count). The fourth-order valence-corrected chi connectivity index (χ4v) is 11.5. The Morgan fingerprint density at radius 1 is 0.178 bits per heavy atom. The fraction of sp³-hybridized carbons (Fsp3) is 0.692. The number of anilines is 6. The Bertz CT molecular complexity index is 1730. The molecule has 1 aromatic rings. The number of rotatable bonds is 66. The summed E-state index contributed by atoms with van der Waals surface area (Å²) >= 11 is 0. The van der Waals surface area contributed by atoms with Gasteiger partial charge in [-0.15, -0.1) is 39.5 Å². The van der Waals surface area contributed by atoms with E-state index < -0.39 is 0 Å². The smallest absolute Gasteiger partial charge is 0.224 e. The first-order valence-electron chi connectivity index (χ1n) is 36.7. The molecule has 0 unspecified atom stereocenters. The van der Waals surface area contributed by atoms with Gasteiger partial charge in [-0.05, 0) is 116 Å². The molecule has 0 aliphatic rings. The van der Waals surface area contributed by atoms with E-state index in [-0.39, 0.29) is 108 Å². The second kappa shape index (κ2) is 61.0. The molecular formula is C78H132N6O6. The van der Waals surface area contributed by atoms with E-state index in [1.165, 1.54) is 0 Å². The van der Waals surface area contributed by atoms with Crippen molar-refractivity contribution in [2.45, 2.75) is 347 Å². The number of hydrogen-bond acceptors (Lipinski definition) is 6. The first-order chi connectivity index (χ1) is 44.1. The highest BCUT2D eigenvalue weighted by atomic mass is 16.2. The predicted octanol–water partition coefficient (Wildman–Crippen LogP) is 23.5. The van der Waals surface area contributed by atoms with Crippen molar-refractivity contribution in [1.29, 1.82) is 0 Å². The van der Waals surface area contributed by atoms with Crippen LogP contribution in [0, 0.1) is 0 Å². The van der Waals surface area contributed by atoms with Crippen molar-refractivity contribution in [1.82, 2.24) is 0 Å². The van der Waals surface area contributed by atoms with E-state index in [1.54, 1.807) is 0 Å². The monoisotopic (exact) mass is 1250 g/mol. The fourth-order valence-electron chi connectivity index (χ4n) is 11.5. The van der Waals surface area contributed by atoms with Crippen molar-refractivity contribution in [3.8, 4) is 0 Å². The molecule has 0 heterocycles. The summed E-state index contributed by atoms with van der Waals surface area (Å²) in [6, 6.07) is 0. The maximum absolute atomic E-state index is 14.6. The highest BCUT2D eigenvalue weighted by Gasteiger charge is 2.31. The zero-order valence-corrected chi connectivity index (χ0v) is 57.3. The third-order valence-electron chi connectivity index (χ3n) is 17.0. The Hall–Kier alpha value is -5.52. The molecule has 0 fully saturated rings. The van der Waals surface area contributed by atoms with Gasteiger partial charge in [-0.25, -0.2) is 0 Å². The lowest BCUT2D eigenvalue weighted by Crippen LogP contribution is -2.26. The number of unbranched alkanes of at least 4 members (excludes halogenated alkanes) is 42. The number of carbonyl (C=O) groups is 6. The number of hydrogen-bond donors (Lipinski definition) is 6. The van der Waals surface area contributed by atoms with Crippen LogP contribution in [-0.4, -0.2) is 35.4 Å². The van der Waals surface area contributed by atoms with E-state index in [9.17, 15) is 28.8 Å². The maximum Gasteiger partial charge on any atom is 0.224 e. The van der Waals surface area contributed by atoms with Crippen LogP contribution in [0.15, 0.2) is 75.9 Å². The molecule has 6 amide bonds. The maximum atomic E-state index is 14.6. The van der Waals surface area contributed by atoms with Crippen LogP contribution in [-0.2, 0) is 28.8 Å². The van der Waals surface area contributed by atoms with Crippen LogP contribution in [0.5, 0.6) is 0 Å². The topological polar surface area (TPSA) is 175 Å². The standard InChI is InChI=1S/C78H132N6O6/c1-7-13-19-25-31-37-43-49-55-61-67(85)79-73-74(80-68(86)62-56-50-44-38-32-26-20-14-8-2)76(82-70(88)64-58-52-46-40-34-28-22-16-10-4)78(84-72(90)66-60-54-48-42-36-30-24-18-12-6)77(83-71(89)65-59-53-47-41-35-29-23-17-11-5)75(73)81-69(87)63-57-51-45-39-33-27-21-15-9-3/h7-12H,1-6,13-66H2,(H,79,85)(H,80,86)(H,81,87)(H,82,88)(H,83,89)(H,84,90). The summed E-state index contributed by atoms with van der Waals surface area (Å²) in [7, 11) is 0. The Kier molecular flexibility index (Phi) is 55.9. The summed E-state index contributed by atoms with van der Waals surface area (Å²) in [5.41, 5.74) is 0.375. The normalized spacial score (nSPS) is 10.9. The van der Waals surface area contributed by atoms with Gasteiger partial charge in [0.1, 0.15) is 0 Å². The molecule has 0 spiro atoms. The zero-order valence-electron chi connectivity index (χ0n) is 57.3. The average molecular weight is 1250 g/mol. The Balaban J connectivity index is 4.15. The molecule has 12 heteroatoms.